The third kappa shape index (κ3) is 7.78. The van der Waals surface area contributed by atoms with Crippen LogP contribution in [0.5, 0.6) is 0 Å². The van der Waals surface area contributed by atoms with Crippen LogP contribution in [0.1, 0.15) is 33.4 Å². The van der Waals surface area contributed by atoms with Crippen molar-refractivity contribution in [3.63, 3.8) is 0 Å². The lowest BCUT2D eigenvalue weighted by molar-refractivity contribution is 0.0600. The minimum Gasteiger partial charge on any atom is -0.465 e. The van der Waals surface area contributed by atoms with Crippen LogP contribution in [0.25, 0.3) is 16.9 Å². The Morgan fingerprint density at radius 2 is 1.80 bits per heavy atom. The molecule has 0 saturated carbocycles. The van der Waals surface area contributed by atoms with Crippen molar-refractivity contribution in [2.24, 2.45) is 0 Å². The number of urea groups is 1. The number of tetrazole rings is 1. The smallest absolute Gasteiger partial charge is 0.411 e. The molecule has 0 fully saturated rings. The van der Waals surface area contributed by atoms with Crippen molar-refractivity contribution in [2.45, 2.75) is 19.0 Å². The highest BCUT2D eigenvalue weighted by Gasteiger charge is 2.23. The lowest BCUT2D eigenvalue weighted by atomic mass is 10.0. The van der Waals surface area contributed by atoms with Gasteiger partial charge in [0.25, 0.3) is 0 Å². The summed E-state index contributed by atoms with van der Waals surface area (Å²) in [5, 5.41) is 20.4. The first kappa shape index (κ1) is 31.9. The first-order valence-corrected chi connectivity index (χ1v) is 14.4. The molecule has 0 bridgehead atoms. The number of nitrogens with one attached hydrogen (secondary N) is 4. The van der Waals surface area contributed by atoms with Gasteiger partial charge in [-0.3, -0.25) is 5.32 Å². The van der Waals surface area contributed by atoms with Gasteiger partial charge < -0.3 is 25.1 Å². The van der Waals surface area contributed by atoms with E-state index in [9.17, 15) is 14.4 Å². The van der Waals surface area contributed by atoms with Crippen LogP contribution < -0.4 is 16.0 Å². The van der Waals surface area contributed by atoms with Gasteiger partial charge in [-0.25, -0.2) is 24.0 Å². The zero-order valence-electron chi connectivity index (χ0n) is 24.5. The number of imidazole rings is 1. The summed E-state index contributed by atoms with van der Waals surface area (Å²) in [6.07, 6.45) is 1.08. The first-order valence-electron chi connectivity index (χ1n) is 13.7. The maximum absolute atomic E-state index is 13.3. The van der Waals surface area contributed by atoms with Crippen molar-refractivity contribution >= 4 is 47.0 Å². The number of benzene rings is 3. The summed E-state index contributed by atoms with van der Waals surface area (Å²) in [6.45, 7) is 0.0995. The largest absolute Gasteiger partial charge is 0.465 e. The molecule has 0 aliphatic carbocycles. The number of amides is 3. The number of ether oxygens (including phenoxy) is 2. The fourth-order valence-corrected chi connectivity index (χ4v) is 5.02. The summed E-state index contributed by atoms with van der Waals surface area (Å²) < 4.78 is 11.0. The number of rotatable bonds is 10. The Balaban J connectivity index is 1.39. The van der Waals surface area contributed by atoms with Gasteiger partial charge in [0, 0.05) is 22.8 Å². The summed E-state index contributed by atoms with van der Waals surface area (Å²) in [4.78, 5) is 44.8. The number of aromatic amines is 1. The van der Waals surface area contributed by atoms with E-state index in [0.29, 0.717) is 44.6 Å². The van der Waals surface area contributed by atoms with E-state index in [1.165, 1.54) is 25.2 Å². The second-order valence-electron chi connectivity index (χ2n) is 9.78. The van der Waals surface area contributed by atoms with E-state index in [4.69, 9.17) is 32.9 Å². The zero-order chi connectivity index (χ0) is 32.6. The second kappa shape index (κ2) is 14.5. The van der Waals surface area contributed by atoms with Gasteiger partial charge in [-0.1, -0.05) is 47.5 Å². The number of hydrogen-bond acceptors (Lipinski definition) is 9. The molecular weight excluding hydrogens is 637 g/mol. The third-order valence-corrected chi connectivity index (χ3v) is 7.28. The fourth-order valence-electron chi connectivity index (χ4n) is 4.58. The average Bonchev–Trinajstić information content (AvgIpc) is 3.74. The standard InChI is InChI=1S/C30H27Cl2N9O5/c1-45-28(42)19-5-3-4-17(12-19)13-23(27-37-25(26(32)38-27)18-6-9-22(10-7-18)35-30(44)46-2)36-29(43)33-15-20-14-21(31)8-11-24(20)41-16-34-39-40-41/h3-12,14,16,23H,13,15H2,1-2H3,(H,35,44)(H,37,38)(H2,33,36,43)/t23-/m0/s1. The molecule has 0 aliphatic heterocycles. The third-order valence-electron chi connectivity index (χ3n) is 6.77. The van der Waals surface area contributed by atoms with Crippen molar-refractivity contribution in [1.82, 2.24) is 40.8 Å². The van der Waals surface area contributed by atoms with Crippen LogP contribution in [-0.2, 0) is 22.4 Å². The number of methoxy groups -OCH3 is 2. The molecule has 16 heteroatoms. The van der Waals surface area contributed by atoms with E-state index in [1.807, 2.05) is 6.07 Å². The minimum absolute atomic E-state index is 0.0995. The van der Waals surface area contributed by atoms with Gasteiger partial charge in [0.2, 0.25) is 0 Å². The molecule has 2 aromatic heterocycles. The Morgan fingerprint density at radius 3 is 2.52 bits per heavy atom. The molecule has 0 radical (unpaired) electrons. The lowest BCUT2D eigenvalue weighted by Crippen LogP contribution is -2.39. The molecule has 4 N–H and O–H groups in total. The predicted molar refractivity (Wildman–Crippen MR) is 169 cm³/mol. The molecule has 14 nitrogen and oxygen atoms in total. The number of esters is 1. The molecule has 5 rings (SSSR count). The Kier molecular flexibility index (Phi) is 10.1. The predicted octanol–water partition coefficient (Wildman–Crippen LogP) is 5.11. The maximum Gasteiger partial charge on any atom is 0.411 e. The van der Waals surface area contributed by atoms with Crippen LogP contribution in [0.15, 0.2) is 73.1 Å². The Morgan fingerprint density at radius 1 is 1.00 bits per heavy atom. The molecular formula is C30H27Cl2N9O5. The van der Waals surface area contributed by atoms with Gasteiger partial charge in [0.15, 0.2) is 0 Å². The highest BCUT2D eigenvalue weighted by molar-refractivity contribution is 6.32. The van der Waals surface area contributed by atoms with Gasteiger partial charge in [0.05, 0.1) is 31.5 Å². The minimum atomic E-state index is -0.710. The van der Waals surface area contributed by atoms with Crippen LogP contribution in [-0.4, -0.2) is 62.5 Å². The number of halogens is 2. The Hall–Kier alpha value is -5.47. The monoisotopic (exact) mass is 663 g/mol. The zero-order valence-corrected chi connectivity index (χ0v) is 26.0. The summed E-state index contributed by atoms with van der Waals surface area (Å²) in [5.41, 5.74) is 4.02. The van der Waals surface area contributed by atoms with Crippen LogP contribution >= 0.6 is 23.2 Å². The van der Waals surface area contributed by atoms with Gasteiger partial charge in [-0.15, -0.1) is 5.10 Å². The normalized spacial score (nSPS) is 11.4. The fraction of sp³-hybridized carbons (Fsp3) is 0.167. The summed E-state index contributed by atoms with van der Waals surface area (Å²) >= 11 is 12.8. The summed E-state index contributed by atoms with van der Waals surface area (Å²) in [6, 6.07) is 17.6. The van der Waals surface area contributed by atoms with Crippen molar-refractivity contribution in [3.05, 3.63) is 106 Å². The Labute approximate surface area is 272 Å². The molecule has 3 aromatic carbocycles. The molecule has 1 atom stereocenters. The van der Waals surface area contributed by atoms with E-state index in [-0.39, 0.29) is 18.1 Å². The number of H-pyrrole nitrogens is 1. The first-order chi connectivity index (χ1) is 22.2. The molecule has 46 heavy (non-hydrogen) atoms. The molecule has 2 heterocycles. The SMILES string of the molecule is COC(=O)Nc1ccc(-c2nc([C@H](Cc3cccc(C(=O)OC)c3)NC(=O)NCc3cc(Cl)ccc3-n3cnnn3)[nH]c2Cl)cc1. The van der Waals surface area contributed by atoms with Gasteiger partial charge in [0.1, 0.15) is 23.0 Å². The molecule has 236 valence electrons. The van der Waals surface area contributed by atoms with E-state index in [1.54, 1.807) is 60.7 Å². The Bertz CT molecular complexity index is 1850. The second-order valence-corrected chi connectivity index (χ2v) is 10.6. The number of carbonyl (C=O) groups excluding carboxylic acids is 3. The molecule has 5 aromatic rings. The molecule has 3 amide bonds. The van der Waals surface area contributed by atoms with E-state index in [0.717, 1.165) is 5.56 Å². The highest BCUT2D eigenvalue weighted by atomic mass is 35.5. The van der Waals surface area contributed by atoms with Crippen molar-refractivity contribution in [2.75, 3.05) is 19.5 Å². The molecule has 0 unspecified atom stereocenters. The summed E-state index contributed by atoms with van der Waals surface area (Å²) in [5.74, 6) is -0.120. The highest BCUT2D eigenvalue weighted by Crippen LogP contribution is 2.30. The van der Waals surface area contributed by atoms with Crippen LogP contribution in [0.4, 0.5) is 15.3 Å². The van der Waals surface area contributed by atoms with Crippen molar-refractivity contribution in [1.29, 1.82) is 0 Å². The number of hydrogen-bond donors (Lipinski definition) is 4. The van der Waals surface area contributed by atoms with E-state index < -0.39 is 24.1 Å². The maximum atomic E-state index is 13.3. The van der Waals surface area contributed by atoms with Crippen LogP contribution in [0.2, 0.25) is 10.2 Å². The topological polar surface area (TPSA) is 178 Å². The van der Waals surface area contributed by atoms with Gasteiger partial charge >= 0.3 is 18.1 Å². The number of carbonyl (C=O) groups is 3. The summed E-state index contributed by atoms with van der Waals surface area (Å²) in [7, 11) is 2.58. The van der Waals surface area contributed by atoms with Crippen molar-refractivity contribution < 1.29 is 23.9 Å². The number of nitrogens with zero attached hydrogens (tertiary/aromatic N) is 5. The van der Waals surface area contributed by atoms with Crippen LogP contribution in [0, 0.1) is 0 Å². The van der Waals surface area contributed by atoms with Gasteiger partial charge in [-0.2, -0.15) is 0 Å². The number of aromatic nitrogens is 6. The van der Waals surface area contributed by atoms with E-state index in [2.05, 4.69) is 41.2 Å². The molecule has 0 aliphatic rings. The van der Waals surface area contributed by atoms with Crippen LogP contribution in [0.3, 0.4) is 0 Å². The van der Waals surface area contributed by atoms with Crippen molar-refractivity contribution in [3.8, 4) is 16.9 Å². The molecule has 0 spiro atoms. The molecule has 0 saturated heterocycles. The van der Waals surface area contributed by atoms with E-state index >= 15 is 0 Å². The average molecular weight is 665 g/mol. The lowest BCUT2D eigenvalue weighted by Gasteiger charge is -2.18. The van der Waals surface area contributed by atoms with Gasteiger partial charge in [-0.05, 0) is 70.4 Å². The quantitative estimate of drug-likeness (QED) is 0.148. The number of anilines is 1.